The third kappa shape index (κ3) is 3.78. The first-order chi connectivity index (χ1) is 15.2. The van der Waals surface area contributed by atoms with E-state index >= 15 is 0 Å². The minimum absolute atomic E-state index is 0.0218. The third-order valence-electron chi connectivity index (χ3n) is 5.68. The van der Waals surface area contributed by atoms with E-state index < -0.39 is 0 Å². The lowest BCUT2D eigenvalue weighted by Gasteiger charge is -2.26. The Morgan fingerprint density at radius 2 is 1.90 bits per heavy atom. The number of methoxy groups -OCH3 is 1. The van der Waals surface area contributed by atoms with Gasteiger partial charge >= 0.3 is 0 Å². The van der Waals surface area contributed by atoms with Crippen molar-refractivity contribution in [3.05, 3.63) is 81.0 Å². The maximum atomic E-state index is 13.6. The number of nitrogens with zero attached hydrogens (tertiary/aromatic N) is 3. The standard InChI is InChI=1S/C24H23N3O2S2/c1-29-18-10-8-17(9-11-18)27-23(28)21-19-12-13-26(14-16-6-4-3-5-7-16)15-20(19)31-22(21)25-24(27)30-2/h3-11H,12-15H2,1-2H3. The molecule has 0 saturated heterocycles. The SMILES string of the molecule is COc1ccc(-n2c(SC)nc3sc4c(c3c2=O)CCN(Cc2ccccc2)C4)cc1. The molecule has 1 aliphatic rings. The van der Waals surface area contributed by atoms with Crippen LogP contribution < -0.4 is 10.3 Å². The summed E-state index contributed by atoms with van der Waals surface area (Å²) in [6.07, 6.45) is 2.84. The van der Waals surface area contributed by atoms with Crippen molar-refractivity contribution in [2.75, 3.05) is 19.9 Å². The summed E-state index contributed by atoms with van der Waals surface area (Å²) in [4.78, 5) is 23.1. The van der Waals surface area contributed by atoms with Crippen LogP contribution in [0.25, 0.3) is 15.9 Å². The van der Waals surface area contributed by atoms with E-state index in [0.717, 1.165) is 47.7 Å². The fraction of sp³-hybridized carbons (Fsp3) is 0.250. The number of benzene rings is 2. The molecule has 0 fully saturated rings. The molecule has 0 bridgehead atoms. The normalized spacial score (nSPS) is 14.0. The second-order valence-electron chi connectivity index (χ2n) is 7.57. The average Bonchev–Trinajstić information content (AvgIpc) is 3.17. The second-order valence-corrected chi connectivity index (χ2v) is 9.42. The number of thioether (sulfide) groups is 1. The van der Waals surface area contributed by atoms with Crippen LogP contribution in [0.15, 0.2) is 64.5 Å². The van der Waals surface area contributed by atoms with E-state index in [1.165, 1.54) is 27.8 Å². The first-order valence-corrected chi connectivity index (χ1v) is 12.2. The van der Waals surface area contributed by atoms with Gasteiger partial charge in [0.15, 0.2) is 5.16 Å². The molecule has 2 aromatic heterocycles. The maximum absolute atomic E-state index is 13.6. The van der Waals surface area contributed by atoms with E-state index in [0.29, 0.717) is 5.16 Å². The maximum Gasteiger partial charge on any atom is 0.267 e. The Morgan fingerprint density at radius 3 is 2.61 bits per heavy atom. The molecule has 0 aliphatic carbocycles. The van der Waals surface area contributed by atoms with Crippen LogP contribution in [-0.4, -0.2) is 34.4 Å². The molecule has 158 valence electrons. The van der Waals surface area contributed by atoms with Crippen molar-refractivity contribution in [1.29, 1.82) is 0 Å². The van der Waals surface area contributed by atoms with E-state index in [4.69, 9.17) is 9.72 Å². The topological polar surface area (TPSA) is 47.4 Å². The minimum atomic E-state index is 0.0218. The van der Waals surface area contributed by atoms with Crippen molar-refractivity contribution in [1.82, 2.24) is 14.5 Å². The predicted molar refractivity (Wildman–Crippen MR) is 128 cm³/mol. The third-order valence-corrected chi connectivity index (χ3v) is 7.43. The molecule has 31 heavy (non-hydrogen) atoms. The Kier molecular flexibility index (Phi) is 5.56. The van der Waals surface area contributed by atoms with Gasteiger partial charge in [-0.3, -0.25) is 14.3 Å². The average molecular weight is 450 g/mol. The van der Waals surface area contributed by atoms with Crippen molar-refractivity contribution in [2.45, 2.75) is 24.7 Å². The van der Waals surface area contributed by atoms with Gasteiger partial charge in [-0.15, -0.1) is 11.3 Å². The van der Waals surface area contributed by atoms with Gasteiger partial charge in [-0.25, -0.2) is 4.98 Å². The van der Waals surface area contributed by atoms with Gasteiger partial charge in [-0.2, -0.15) is 0 Å². The molecule has 4 aromatic rings. The van der Waals surface area contributed by atoms with Gasteiger partial charge in [0.1, 0.15) is 10.6 Å². The second kappa shape index (κ2) is 8.49. The fourth-order valence-corrected chi connectivity index (χ4v) is 6.01. The number of fused-ring (bicyclic) bond motifs is 3. The zero-order chi connectivity index (χ0) is 21.4. The van der Waals surface area contributed by atoms with Crippen LogP contribution >= 0.6 is 23.1 Å². The number of aromatic nitrogens is 2. The van der Waals surface area contributed by atoms with Gasteiger partial charge < -0.3 is 4.74 Å². The molecular weight excluding hydrogens is 426 g/mol. The van der Waals surface area contributed by atoms with Crippen LogP contribution in [0.5, 0.6) is 5.75 Å². The Bertz CT molecular complexity index is 1280. The van der Waals surface area contributed by atoms with E-state index in [1.54, 1.807) is 23.0 Å². The largest absolute Gasteiger partial charge is 0.497 e. The van der Waals surface area contributed by atoms with Crippen molar-refractivity contribution >= 4 is 33.3 Å². The quantitative estimate of drug-likeness (QED) is 0.325. The molecular formula is C24H23N3O2S2. The van der Waals surface area contributed by atoms with Crippen molar-refractivity contribution in [3.8, 4) is 11.4 Å². The number of thiophene rings is 1. The van der Waals surface area contributed by atoms with Crippen molar-refractivity contribution in [2.24, 2.45) is 0 Å². The van der Waals surface area contributed by atoms with E-state index in [2.05, 4.69) is 29.2 Å². The molecule has 2 aromatic carbocycles. The Balaban J connectivity index is 1.55. The number of ether oxygens (including phenoxy) is 1. The molecule has 1 aliphatic heterocycles. The van der Waals surface area contributed by atoms with Crippen molar-refractivity contribution < 1.29 is 4.74 Å². The highest BCUT2D eigenvalue weighted by Gasteiger charge is 2.25. The lowest BCUT2D eigenvalue weighted by atomic mass is 10.0. The van der Waals surface area contributed by atoms with E-state index in [1.807, 2.05) is 36.6 Å². The summed E-state index contributed by atoms with van der Waals surface area (Å²) in [5.74, 6) is 0.767. The molecule has 5 rings (SSSR count). The monoisotopic (exact) mass is 449 g/mol. The number of hydrogen-bond donors (Lipinski definition) is 0. The zero-order valence-corrected chi connectivity index (χ0v) is 19.1. The van der Waals surface area contributed by atoms with Gasteiger partial charge in [0.25, 0.3) is 5.56 Å². The molecule has 0 spiro atoms. The summed E-state index contributed by atoms with van der Waals surface area (Å²) in [7, 11) is 1.64. The van der Waals surface area contributed by atoms with Crippen LogP contribution in [-0.2, 0) is 19.5 Å². The number of rotatable bonds is 5. The minimum Gasteiger partial charge on any atom is -0.497 e. The van der Waals surface area contributed by atoms with Crippen LogP contribution in [0.1, 0.15) is 16.0 Å². The van der Waals surface area contributed by atoms with Gasteiger partial charge in [0.05, 0.1) is 18.2 Å². The van der Waals surface area contributed by atoms with Gasteiger partial charge in [-0.05, 0) is 48.1 Å². The summed E-state index contributed by atoms with van der Waals surface area (Å²) in [5, 5.41) is 1.50. The molecule has 0 N–H and O–H groups in total. The van der Waals surface area contributed by atoms with Crippen molar-refractivity contribution in [3.63, 3.8) is 0 Å². The van der Waals surface area contributed by atoms with Crippen LogP contribution in [0.3, 0.4) is 0 Å². The van der Waals surface area contributed by atoms with Gasteiger partial charge in [-0.1, -0.05) is 42.1 Å². The summed E-state index contributed by atoms with van der Waals surface area (Å²) in [6.45, 7) is 2.73. The van der Waals surface area contributed by atoms with Gasteiger partial charge in [0.2, 0.25) is 0 Å². The molecule has 0 unspecified atom stereocenters. The summed E-state index contributed by atoms with van der Waals surface area (Å²) >= 11 is 3.16. The summed E-state index contributed by atoms with van der Waals surface area (Å²) < 4.78 is 7.00. The smallest absolute Gasteiger partial charge is 0.267 e. The summed E-state index contributed by atoms with van der Waals surface area (Å²) in [6, 6.07) is 18.1. The molecule has 7 heteroatoms. The molecule has 0 amide bonds. The lowest BCUT2D eigenvalue weighted by Crippen LogP contribution is -2.30. The van der Waals surface area contributed by atoms with Gasteiger partial charge in [0, 0.05) is 24.5 Å². The Hall–Kier alpha value is -2.61. The van der Waals surface area contributed by atoms with E-state index in [9.17, 15) is 4.79 Å². The molecule has 5 nitrogen and oxygen atoms in total. The predicted octanol–water partition coefficient (Wildman–Crippen LogP) is 4.74. The lowest BCUT2D eigenvalue weighted by molar-refractivity contribution is 0.249. The zero-order valence-electron chi connectivity index (χ0n) is 17.5. The molecule has 0 atom stereocenters. The highest BCUT2D eigenvalue weighted by Crippen LogP contribution is 2.34. The molecule has 0 saturated carbocycles. The Morgan fingerprint density at radius 1 is 1.13 bits per heavy atom. The molecule has 0 radical (unpaired) electrons. The molecule has 3 heterocycles. The first kappa shape index (κ1) is 20.3. The first-order valence-electron chi connectivity index (χ1n) is 10.2. The number of hydrogen-bond acceptors (Lipinski definition) is 6. The van der Waals surface area contributed by atoms with Crippen LogP contribution in [0.2, 0.25) is 0 Å². The Labute approximate surface area is 189 Å². The van der Waals surface area contributed by atoms with E-state index in [-0.39, 0.29) is 5.56 Å². The highest BCUT2D eigenvalue weighted by molar-refractivity contribution is 7.98. The summed E-state index contributed by atoms with van der Waals surface area (Å²) in [5.41, 5.74) is 3.33. The highest BCUT2D eigenvalue weighted by atomic mass is 32.2. The van der Waals surface area contributed by atoms with Crippen LogP contribution in [0, 0.1) is 0 Å². The fourth-order valence-electron chi connectivity index (χ4n) is 4.15. The van der Waals surface area contributed by atoms with Crippen LogP contribution in [0.4, 0.5) is 0 Å².